The number of aromatic nitrogens is 1. The minimum atomic E-state index is -2.44. The molecule has 0 amide bonds. The van der Waals surface area contributed by atoms with Crippen LogP contribution in [0.25, 0.3) is 0 Å². The monoisotopic (exact) mass is 217 g/mol. The largest absolute Gasteiger partial charge is 0.486 e. The molecule has 0 fully saturated rings. The molecule has 0 aliphatic heterocycles. The Morgan fingerprint density at radius 3 is 2.47 bits per heavy atom. The molecule has 0 bridgehead atoms. The van der Waals surface area contributed by atoms with Crippen molar-refractivity contribution in [2.75, 3.05) is 6.61 Å². The van der Waals surface area contributed by atoms with Crippen molar-refractivity contribution < 1.29 is 13.5 Å². The lowest BCUT2D eigenvalue weighted by molar-refractivity contribution is 0.0813. The molecule has 2 nitrogen and oxygen atoms in total. The van der Waals surface area contributed by atoms with E-state index in [1.165, 1.54) is 0 Å². The van der Waals surface area contributed by atoms with E-state index in [2.05, 4.69) is 4.98 Å². The van der Waals surface area contributed by atoms with Gasteiger partial charge in [-0.2, -0.15) is 0 Å². The number of nitrogens with zero attached hydrogens (tertiary/aromatic N) is 1. The first kappa shape index (κ1) is 13.8. The van der Waals surface area contributed by atoms with E-state index in [1.807, 2.05) is 20.8 Å². The molecule has 0 unspecified atom stereocenters. The number of halogens is 2. The van der Waals surface area contributed by atoms with Crippen molar-refractivity contribution in [3.63, 3.8) is 0 Å². The second kappa shape index (κ2) is 7.15. The fraction of sp³-hybridized carbons (Fsp3) is 0.545. The summed E-state index contributed by atoms with van der Waals surface area (Å²) in [6.45, 7) is 6.98. The highest BCUT2D eigenvalue weighted by atomic mass is 19.3. The first-order valence-electron chi connectivity index (χ1n) is 4.94. The van der Waals surface area contributed by atoms with Crippen LogP contribution in [0.5, 0.6) is 5.75 Å². The first-order chi connectivity index (χ1) is 7.09. The second-order valence-corrected chi connectivity index (χ2v) is 2.80. The van der Waals surface area contributed by atoms with Crippen LogP contribution in [0.1, 0.15) is 25.1 Å². The Morgan fingerprint density at radius 2 is 1.93 bits per heavy atom. The van der Waals surface area contributed by atoms with Gasteiger partial charge in [-0.1, -0.05) is 13.8 Å². The van der Waals surface area contributed by atoms with E-state index in [1.54, 1.807) is 19.2 Å². The smallest absolute Gasteiger partial charge is 0.272 e. The van der Waals surface area contributed by atoms with E-state index >= 15 is 0 Å². The highest BCUT2D eigenvalue weighted by Gasteiger charge is 2.06. The number of alkyl halides is 2. The average molecular weight is 217 g/mol. The zero-order valence-electron chi connectivity index (χ0n) is 9.55. The van der Waals surface area contributed by atoms with Crippen molar-refractivity contribution >= 4 is 0 Å². The molecule has 4 heteroatoms. The number of hydrogen-bond donors (Lipinski definition) is 0. The van der Waals surface area contributed by atoms with Crippen molar-refractivity contribution in [1.82, 2.24) is 4.98 Å². The van der Waals surface area contributed by atoms with Gasteiger partial charge in [0.25, 0.3) is 6.43 Å². The lowest BCUT2D eigenvalue weighted by atomic mass is 10.2. The van der Waals surface area contributed by atoms with Gasteiger partial charge in [-0.3, -0.25) is 4.98 Å². The number of rotatable bonds is 3. The molecule has 0 atom stereocenters. The molecule has 0 aromatic carbocycles. The van der Waals surface area contributed by atoms with Gasteiger partial charge in [0.1, 0.15) is 12.4 Å². The van der Waals surface area contributed by atoms with Crippen molar-refractivity contribution in [2.45, 2.75) is 34.1 Å². The van der Waals surface area contributed by atoms with Crippen LogP contribution in [0.3, 0.4) is 0 Å². The third-order valence-electron chi connectivity index (χ3n) is 1.54. The number of pyridine rings is 1. The van der Waals surface area contributed by atoms with Gasteiger partial charge >= 0.3 is 0 Å². The van der Waals surface area contributed by atoms with E-state index in [4.69, 9.17) is 4.74 Å². The lowest BCUT2D eigenvalue weighted by Crippen LogP contribution is -2.08. The van der Waals surface area contributed by atoms with Crippen LogP contribution in [0.2, 0.25) is 0 Å². The Kier molecular flexibility index (Phi) is 6.58. The van der Waals surface area contributed by atoms with Crippen LogP contribution >= 0.6 is 0 Å². The summed E-state index contributed by atoms with van der Waals surface area (Å²) in [6.07, 6.45) is -0.773. The van der Waals surface area contributed by atoms with Crippen molar-refractivity contribution in [3.05, 3.63) is 23.5 Å². The predicted molar refractivity (Wildman–Crippen MR) is 56.6 cm³/mol. The number of aryl methyl sites for hydroxylation is 2. The summed E-state index contributed by atoms with van der Waals surface area (Å²) in [5, 5.41) is 0. The zero-order chi connectivity index (χ0) is 11.8. The Hall–Kier alpha value is -1.19. The molecular formula is C11H17F2NO. The molecular weight excluding hydrogens is 200 g/mol. The molecule has 1 rings (SSSR count). The topological polar surface area (TPSA) is 22.1 Å². The maximum absolute atomic E-state index is 11.8. The Morgan fingerprint density at radius 1 is 1.33 bits per heavy atom. The molecule has 1 aromatic heterocycles. The maximum atomic E-state index is 11.8. The summed E-state index contributed by atoms with van der Waals surface area (Å²) in [5.74, 6) is 0.431. The molecule has 1 heterocycles. The van der Waals surface area contributed by atoms with Crippen molar-refractivity contribution in [1.29, 1.82) is 0 Å². The average Bonchev–Trinajstić information content (AvgIpc) is 2.22. The van der Waals surface area contributed by atoms with Gasteiger partial charge in [0.2, 0.25) is 0 Å². The number of hydrogen-bond acceptors (Lipinski definition) is 2. The van der Waals surface area contributed by atoms with Crippen LogP contribution in [0, 0.1) is 13.8 Å². The standard InChI is InChI=1S/C9H11F2NO.C2H6/c1-6-3-8(7(2)12-4-6)13-5-9(10)11;1-2/h3-4,9H,5H2,1-2H3;1-2H3. The number of ether oxygens (including phenoxy) is 1. The Balaban J connectivity index is 0.000000921. The van der Waals surface area contributed by atoms with Crippen LogP contribution in [0.15, 0.2) is 12.3 Å². The van der Waals surface area contributed by atoms with Gasteiger partial charge in [0.15, 0.2) is 0 Å². The molecule has 0 saturated heterocycles. The normalized spacial score (nSPS) is 9.53. The summed E-state index contributed by atoms with van der Waals surface area (Å²) in [5.41, 5.74) is 1.53. The van der Waals surface area contributed by atoms with Crippen molar-refractivity contribution in [3.8, 4) is 5.75 Å². The molecule has 0 aliphatic rings. The third-order valence-corrected chi connectivity index (χ3v) is 1.54. The minimum absolute atomic E-state index is 0.431. The molecule has 0 N–H and O–H groups in total. The maximum Gasteiger partial charge on any atom is 0.272 e. The summed E-state index contributed by atoms with van der Waals surface area (Å²) in [7, 11) is 0. The van der Waals surface area contributed by atoms with Gasteiger partial charge in [-0.25, -0.2) is 8.78 Å². The Labute approximate surface area is 89.3 Å². The second-order valence-electron chi connectivity index (χ2n) is 2.80. The molecule has 15 heavy (non-hydrogen) atoms. The van der Waals surface area contributed by atoms with Gasteiger partial charge in [-0.05, 0) is 25.5 Å². The van der Waals surface area contributed by atoms with Gasteiger partial charge < -0.3 is 4.74 Å². The van der Waals surface area contributed by atoms with E-state index in [9.17, 15) is 8.78 Å². The summed E-state index contributed by atoms with van der Waals surface area (Å²) < 4.78 is 28.5. The van der Waals surface area contributed by atoms with E-state index in [-0.39, 0.29) is 0 Å². The Bertz CT molecular complexity index is 290. The van der Waals surface area contributed by atoms with Crippen LogP contribution in [0.4, 0.5) is 8.78 Å². The predicted octanol–water partition coefficient (Wildman–Crippen LogP) is 3.37. The molecule has 86 valence electrons. The van der Waals surface area contributed by atoms with Gasteiger partial charge in [0, 0.05) is 6.20 Å². The van der Waals surface area contributed by atoms with E-state index < -0.39 is 13.0 Å². The SMILES string of the molecule is CC.Cc1cnc(C)c(OCC(F)F)c1. The fourth-order valence-corrected chi connectivity index (χ4v) is 0.910. The van der Waals surface area contributed by atoms with Crippen LogP contribution in [-0.2, 0) is 0 Å². The lowest BCUT2D eigenvalue weighted by Gasteiger charge is -2.07. The molecule has 0 radical (unpaired) electrons. The quantitative estimate of drug-likeness (QED) is 0.774. The summed E-state index contributed by atoms with van der Waals surface area (Å²) >= 11 is 0. The van der Waals surface area contributed by atoms with Crippen LogP contribution in [-0.4, -0.2) is 18.0 Å². The minimum Gasteiger partial charge on any atom is -0.486 e. The highest BCUT2D eigenvalue weighted by molar-refractivity contribution is 5.29. The first-order valence-corrected chi connectivity index (χ1v) is 4.94. The molecule has 1 aromatic rings. The van der Waals surface area contributed by atoms with E-state index in [0.717, 1.165) is 5.56 Å². The van der Waals surface area contributed by atoms with E-state index in [0.29, 0.717) is 11.4 Å². The van der Waals surface area contributed by atoms with Crippen molar-refractivity contribution in [2.24, 2.45) is 0 Å². The summed E-state index contributed by atoms with van der Waals surface area (Å²) in [6, 6.07) is 1.70. The van der Waals surface area contributed by atoms with Crippen LogP contribution < -0.4 is 4.74 Å². The zero-order valence-corrected chi connectivity index (χ0v) is 9.55. The van der Waals surface area contributed by atoms with Gasteiger partial charge in [0.05, 0.1) is 5.69 Å². The molecule has 0 spiro atoms. The third kappa shape index (κ3) is 5.30. The highest BCUT2D eigenvalue weighted by Crippen LogP contribution is 2.16. The van der Waals surface area contributed by atoms with Gasteiger partial charge in [-0.15, -0.1) is 0 Å². The summed E-state index contributed by atoms with van der Waals surface area (Å²) in [4.78, 5) is 3.99. The fourth-order valence-electron chi connectivity index (χ4n) is 0.910. The molecule has 0 saturated carbocycles. The molecule has 0 aliphatic carbocycles.